The van der Waals surface area contributed by atoms with Gasteiger partial charge in [0.25, 0.3) is 0 Å². The zero-order valence-corrected chi connectivity index (χ0v) is 17.4. The number of hydrogen-bond donors (Lipinski definition) is 1. The zero-order chi connectivity index (χ0) is 20.0. The highest BCUT2D eigenvalue weighted by Crippen LogP contribution is 2.53. The molecule has 1 aliphatic carbocycles. The first-order valence-electron chi connectivity index (χ1n) is 9.88. The summed E-state index contributed by atoms with van der Waals surface area (Å²) in [5.41, 5.74) is 3.51. The smallest absolute Gasteiger partial charge is 0.183 e. The van der Waals surface area contributed by atoms with Crippen molar-refractivity contribution in [3.05, 3.63) is 47.6 Å². The van der Waals surface area contributed by atoms with Crippen molar-refractivity contribution in [2.75, 3.05) is 33.8 Å². The first-order valence-corrected chi connectivity index (χ1v) is 9.88. The molecule has 4 nitrogen and oxygen atoms in total. The van der Waals surface area contributed by atoms with Crippen LogP contribution in [-0.4, -0.2) is 43.7 Å². The maximum absolute atomic E-state index is 13.7. The number of halogens is 1. The number of hydrogen-bond acceptors (Lipinski definition) is 4. The predicted octanol–water partition coefficient (Wildman–Crippen LogP) is 4.50. The van der Waals surface area contributed by atoms with E-state index in [2.05, 4.69) is 55.8 Å². The molecule has 0 bridgehead atoms. The van der Waals surface area contributed by atoms with Crippen LogP contribution in [0.2, 0.25) is 0 Å². The summed E-state index contributed by atoms with van der Waals surface area (Å²) in [4.78, 5) is 6.42. The SMILES string of the molecule is C=C(/C(=C\CC)CN(C)C)C1(CN[C@@H](C)c2cc(OCC)c(F)cn2)CC1. The number of likely N-dealkylation sites (N-methyl/N-ethyl adjacent to an activating group) is 1. The van der Waals surface area contributed by atoms with Gasteiger partial charge in [-0.15, -0.1) is 0 Å². The summed E-state index contributed by atoms with van der Waals surface area (Å²) < 4.78 is 19.1. The molecule has 5 heteroatoms. The first-order chi connectivity index (χ1) is 12.8. The number of ether oxygens (including phenoxy) is 1. The fraction of sp³-hybridized carbons (Fsp3) is 0.591. The minimum atomic E-state index is -0.419. The van der Waals surface area contributed by atoms with Gasteiger partial charge in [0.1, 0.15) is 0 Å². The van der Waals surface area contributed by atoms with E-state index in [9.17, 15) is 4.39 Å². The quantitative estimate of drug-likeness (QED) is 0.578. The molecule has 0 saturated heterocycles. The van der Waals surface area contributed by atoms with Gasteiger partial charge in [0.05, 0.1) is 18.5 Å². The van der Waals surface area contributed by atoms with Crippen LogP contribution in [-0.2, 0) is 0 Å². The van der Waals surface area contributed by atoms with Crippen molar-refractivity contribution in [3.63, 3.8) is 0 Å². The van der Waals surface area contributed by atoms with Crippen molar-refractivity contribution in [2.45, 2.75) is 46.1 Å². The molecule has 2 rings (SSSR count). The van der Waals surface area contributed by atoms with E-state index < -0.39 is 5.82 Å². The Labute approximate surface area is 163 Å². The molecule has 0 aliphatic heterocycles. The normalized spacial score (nSPS) is 17.1. The Morgan fingerprint density at radius 2 is 2.15 bits per heavy atom. The Balaban J connectivity index is 2.03. The van der Waals surface area contributed by atoms with Gasteiger partial charge in [0.15, 0.2) is 11.6 Å². The second-order valence-corrected chi connectivity index (χ2v) is 7.71. The Bertz CT molecular complexity index is 680. The molecule has 0 radical (unpaired) electrons. The molecule has 1 N–H and O–H groups in total. The van der Waals surface area contributed by atoms with Crippen LogP contribution in [0, 0.1) is 11.2 Å². The summed E-state index contributed by atoms with van der Waals surface area (Å²) in [5, 5.41) is 3.58. The molecule has 27 heavy (non-hydrogen) atoms. The van der Waals surface area contributed by atoms with E-state index in [1.165, 1.54) is 17.3 Å². The zero-order valence-electron chi connectivity index (χ0n) is 17.4. The molecule has 0 unspecified atom stereocenters. The fourth-order valence-electron chi connectivity index (χ4n) is 3.34. The van der Waals surface area contributed by atoms with E-state index in [0.717, 1.165) is 38.0 Å². The van der Waals surface area contributed by atoms with Gasteiger partial charge in [0, 0.05) is 30.6 Å². The van der Waals surface area contributed by atoms with E-state index >= 15 is 0 Å². The molecule has 150 valence electrons. The standard InChI is InChI=1S/C22H34FN3O/c1-7-9-18(14-26(5)6)16(3)22(10-11-22)15-25-17(4)20-12-21(27-8-2)19(23)13-24-20/h9,12-13,17,25H,3,7-8,10-11,14-15H2,1-2,4-6H3/b18-9-/t17-/m0/s1. The highest BCUT2D eigenvalue weighted by Gasteiger charge is 2.45. The third-order valence-corrected chi connectivity index (χ3v) is 5.15. The van der Waals surface area contributed by atoms with Crippen LogP contribution in [0.5, 0.6) is 5.75 Å². The summed E-state index contributed by atoms with van der Waals surface area (Å²) >= 11 is 0. The summed E-state index contributed by atoms with van der Waals surface area (Å²) in [6.45, 7) is 12.7. The molecule has 1 aromatic heterocycles. The lowest BCUT2D eigenvalue weighted by molar-refractivity contribution is 0.319. The van der Waals surface area contributed by atoms with Crippen molar-refractivity contribution in [2.24, 2.45) is 5.41 Å². The van der Waals surface area contributed by atoms with Crippen LogP contribution in [0.1, 0.15) is 51.8 Å². The maximum atomic E-state index is 13.7. The monoisotopic (exact) mass is 375 g/mol. The van der Waals surface area contributed by atoms with Gasteiger partial charge in [-0.2, -0.15) is 0 Å². The predicted molar refractivity (Wildman–Crippen MR) is 110 cm³/mol. The Kier molecular flexibility index (Phi) is 7.57. The van der Waals surface area contributed by atoms with E-state index in [1.54, 1.807) is 6.07 Å². The number of pyridine rings is 1. The molecule has 1 fully saturated rings. The lowest BCUT2D eigenvalue weighted by atomic mass is 9.89. The Morgan fingerprint density at radius 3 is 2.70 bits per heavy atom. The molecule has 1 aliphatic rings. The van der Waals surface area contributed by atoms with Crippen LogP contribution < -0.4 is 10.1 Å². The van der Waals surface area contributed by atoms with Crippen LogP contribution >= 0.6 is 0 Å². The van der Waals surface area contributed by atoms with Crippen molar-refractivity contribution >= 4 is 0 Å². The van der Waals surface area contributed by atoms with E-state index in [1.807, 2.05) is 6.92 Å². The second kappa shape index (κ2) is 9.47. The lowest BCUT2D eigenvalue weighted by Crippen LogP contribution is -2.30. The molecule has 1 heterocycles. The van der Waals surface area contributed by atoms with Crippen LogP contribution in [0.3, 0.4) is 0 Å². The Hall–Kier alpha value is -1.72. The highest BCUT2D eigenvalue weighted by molar-refractivity contribution is 5.39. The summed E-state index contributed by atoms with van der Waals surface area (Å²) in [5.74, 6) is -0.154. The van der Waals surface area contributed by atoms with Gasteiger partial charge >= 0.3 is 0 Å². The molecule has 0 amide bonds. The van der Waals surface area contributed by atoms with Gasteiger partial charge < -0.3 is 15.0 Å². The molecular weight excluding hydrogens is 341 g/mol. The number of nitrogens with zero attached hydrogens (tertiary/aromatic N) is 2. The Morgan fingerprint density at radius 1 is 1.44 bits per heavy atom. The van der Waals surface area contributed by atoms with Crippen molar-refractivity contribution in [1.29, 1.82) is 0 Å². The van der Waals surface area contributed by atoms with Gasteiger partial charge in [-0.1, -0.05) is 19.6 Å². The number of rotatable bonds is 11. The summed E-state index contributed by atoms with van der Waals surface area (Å²) in [7, 11) is 4.18. The second-order valence-electron chi connectivity index (χ2n) is 7.71. The first kappa shape index (κ1) is 21.6. The molecule has 0 aromatic carbocycles. The maximum Gasteiger partial charge on any atom is 0.183 e. The number of allylic oxidation sites excluding steroid dienone is 1. The fourth-order valence-corrected chi connectivity index (χ4v) is 3.34. The minimum absolute atomic E-state index is 0.0162. The van der Waals surface area contributed by atoms with Gasteiger partial charge in [-0.25, -0.2) is 4.39 Å². The van der Waals surface area contributed by atoms with Crippen molar-refractivity contribution in [3.8, 4) is 5.75 Å². The van der Waals surface area contributed by atoms with E-state index in [0.29, 0.717) is 6.61 Å². The molecule has 0 spiro atoms. The number of nitrogens with one attached hydrogen (secondary N) is 1. The van der Waals surface area contributed by atoms with Crippen molar-refractivity contribution in [1.82, 2.24) is 15.2 Å². The minimum Gasteiger partial charge on any atom is -0.491 e. The number of aromatic nitrogens is 1. The summed E-state index contributed by atoms with van der Waals surface area (Å²) in [6, 6.07) is 1.71. The van der Waals surface area contributed by atoms with E-state index in [4.69, 9.17) is 4.74 Å². The van der Waals surface area contributed by atoms with Crippen LogP contribution in [0.25, 0.3) is 0 Å². The molecular formula is C22H34FN3O. The highest BCUT2D eigenvalue weighted by atomic mass is 19.1. The van der Waals surface area contributed by atoms with Gasteiger partial charge in [0.2, 0.25) is 0 Å². The van der Waals surface area contributed by atoms with Gasteiger partial charge in [-0.05, 0) is 58.4 Å². The van der Waals surface area contributed by atoms with Crippen LogP contribution in [0.15, 0.2) is 36.1 Å². The summed E-state index contributed by atoms with van der Waals surface area (Å²) in [6.07, 6.45) is 6.86. The van der Waals surface area contributed by atoms with Gasteiger partial charge in [-0.3, -0.25) is 4.98 Å². The van der Waals surface area contributed by atoms with Crippen LogP contribution in [0.4, 0.5) is 4.39 Å². The third-order valence-electron chi connectivity index (χ3n) is 5.15. The van der Waals surface area contributed by atoms with E-state index in [-0.39, 0.29) is 17.2 Å². The molecule has 1 saturated carbocycles. The molecule has 1 aromatic rings. The third kappa shape index (κ3) is 5.63. The average molecular weight is 376 g/mol. The largest absolute Gasteiger partial charge is 0.491 e. The average Bonchev–Trinajstić information content (AvgIpc) is 3.41. The molecule has 1 atom stereocenters. The topological polar surface area (TPSA) is 37.4 Å². The van der Waals surface area contributed by atoms with Crippen molar-refractivity contribution < 1.29 is 9.13 Å². The lowest BCUT2D eigenvalue weighted by Gasteiger charge is -2.25.